The van der Waals surface area contributed by atoms with Gasteiger partial charge in [0, 0.05) is 30.9 Å². The van der Waals surface area contributed by atoms with Crippen LogP contribution < -0.4 is 29.8 Å². The Balaban J connectivity index is 1.44. The maximum absolute atomic E-state index is 13.9. The van der Waals surface area contributed by atoms with Gasteiger partial charge < -0.3 is 19.4 Å². The molecular weight excluding hydrogens is 524 g/mol. The first-order valence-electron chi connectivity index (χ1n) is 13.4. The summed E-state index contributed by atoms with van der Waals surface area (Å²) in [7, 11) is 1.59. The number of allylic oxidation sites excluding steroid dienone is 1. The average Bonchev–Trinajstić information content (AvgIpc) is 3.57. The number of methoxy groups -OCH3 is 1. The molecule has 204 valence electrons. The number of furan rings is 1. The second kappa shape index (κ2) is 11.0. The SMILES string of the molecule is COc1cccc([C@@H]2C(C(=O)Nc3ccccc3)=C(C)N=c3s/c(=C\c4ccc(N5CCCCC5)o4)c(=O)n32)c1. The molecule has 0 spiro atoms. The van der Waals surface area contributed by atoms with Crippen molar-refractivity contribution >= 4 is 34.9 Å². The van der Waals surface area contributed by atoms with Crippen LogP contribution in [0.5, 0.6) is 5.75 Å². The maximum atomic E-state index is 13.9. The minimum atomic E-state index is -0.683. The smallest absolute Gasteiger partial charge is 0.271 e. The van der Waals surface area contributed by atoms with Crippen LogP contribution in [0, 0.1) is 0 Å². The number of para-hydroxylation sites is 1. The number of fused-ring (bicyclic) bond motifs is 1. The van der Waals surface area contributed by atoms with Crippen molar-refractivity contribution in [3.63, 3.8) is 0 Å². The normalized spacial score (nSPS) is 17.4. The molecule has 2 aliphatic heterocycles. The van der Waals surface area contributed by atoms with Crippen LogP contribution in [0.25, 0.3) is 6.08 Å². The first kappa shape index (κ1) is 25.9. The molecule has 0 saturated carbocycles. The number of amides is 1. The van der Waals surface area contributed by atoms with Gasteiger partial charge in [-0.25, -0.2) is 4.99 Å². The number of hydrogen-bond donors (Lipinski definition) is 1. The largest absolute Gasteiger partial charge is 0.497 e. The molecule has 4 heterocycles. The molecule has 1 saturated heterocycles. The van der Waals surface area contributed by atoms with Gasteiger partial charge in [-0.3, -0.25) is 14.2 Å². The summed E-state index contributed by atoms with van der Waals surface area (Å²) >= 11 is 1.29. The lowest BCUT2D eigenvalue weighted by atomic mass is 9.95. The van der Waals surface area contributed by atoms with E-state index in [4.69, 9.17) is 14.1 Å². The van der Waals surface area contributed by atoms with Crippen LogP contribution >= 0.6 is 11.3 Å². The lowest BCUT2D eigenvalue weighted by molar-refractivity contribution is -0.113. The molecule has 0 bridgehead atoms. The van der Waals surface area contributed by atoms with Crippen molar-refractivity contribution in [1.29, 1.82) is 0 Å². The number of hydrogen-bond acceptors (Lipinski definition) is 7. The van der Waals surface area contributed by atoms with Crippen LogP contribution in [-0.2, 0) is 4.79 Å². The number of nitrogens with one attached hydrogen (secondary N) is 1. The van der Waals surface area contributed by atoms with Gasteiger partial charge in [0.1, 0.15) is 11.5 Å². The van der Waals surface area contributed by atoms with E-state index in [-0.39, 0.29) is 11.5 Å². The van der Waals surface area contributed by atoms with Gasteiger partial charge in [-0.05, 0) is 62.1 Å². The molecule has 2 aromatic carbocycles. The Morgan fingerprint density at radius 3 is 2.65 bits per heavy atom. The van der Waals surface area contributed by atoms with E-state index in [1.165, 1.54) is 17.8 Å². The quantitative estimate of drug-likeness (QED) is 0.380. The number of carbonyl (C=O) groups excluding carboxylic acids is 1. The van der Waals surface area contributed by atoms with Crippen molar-refractivity contribution < 1.29 is 13.9 Å². The fourth-order valence-corrected chi connectivity index (χ4v) is 6.32. The molecule has 1 N–H and O–H groups in total. The lowest BCUT2D eigenvalue weighted by Crippen LogP contribution is -2.40. The fourth-order valence-electron chi connectivity index (χ4n) is 5.29. The molecule has 9 heteroatoms. The Bertz CT molecular complexity index is 1760. The van der Waals surface area contributed by atoms with E-state index in [2.05, 4.69) is 10.2 Å². The van der Waals surface area contributed by atoms with Crippen LogP contribution in [-0.4, -0.2) is 30.7 Å². The summed E-state index contributed by atoms with van der Waals surface area (Å²) in [4.78, 5) is 35.1. The molecule has 2 aromatic heterocycles. The molecule has 40 heavy (non-hydrogen) atoms. The standard InChI is InChI=1S/C31H30N4O4S/c1-20-27(29(36)33-22-11-5-3-6-12-22)28(21-10-9-13-23(18-21)38-2)35-30(37)25(40-31(35)32-20)19-24-14-15-26(39-24)34-16-7-4-8-17-34/h3,5-6,9-15,18-19,28H,4,7-8,16-17H2,1-2H3,(H,33,36)/b25-19-/t28-/m1/s1. The monoisotopic (exact) mass is 554 g/mol. The van der Waals surface area contributed by atoms with Crippen LogP contribution in [0.15, 0.2) is 92.2 Å². The second-order valence-corrected chi connectivity index (χ2v) is 10.9. The molecule has 0 radical (unpaired) electrons. The van der Waals surface area contributed by atoms with Crippen LogP contribution in [0.3, 0.4) is 0 Å². The highest BCUT2D eigenvalue weighted by atomic mass is 32.1. The predicted molar refractivity (Wildman–Crippen MR) is 157 cm³/mol. The number of nitrogens with zero attached hydrogens (tertiary/aromatic N) is 3. The van der Waals surface area contributed by atoms with E-state index < -0.39 is 6.04 Å². The number of piperidine rings is 1. The van der Waals surface area contributed by atoms with Crippen LogP contribution in [0.4, 0.5) is 11.6 Å². The minimum absolute atomic E-state index is 0.231. The average molecular weight is 555 g/mol. The van der Waals surface area contributed by atoms with E-state index in [0.29, 0.717) is 37.8 Å². The van der Waals surface area contributed by atoms with Crippen LogP contribution in [0.2, 0.25) is 0 Å². The van der Waals surface area contributed by atoms with Crippen molar-refractivity contribution in [1.82, 2.24) is 4.57 Å². The number of ether oxygens (including phenoxy) is 1. The van der Waals surface area contributed by atoms with E-state index in [1.54, 1.807) is 17.8 Å². The summed E-state index contributed by atoms with van der Waals surface area (Å²) in [5.41, 5.74) is 2.15. The van der Waals surface area contributed by atoms with E-state index in [1.807, 2.05) is 73.7 Å². The van der Waals surface area contributed by atoms with E-state index in [9.17, 15) is 9.59 Å². The van der Waals surface area contributed by atoms with Gasteiger partial charge in [-0.1, -0.05) is 41.7 Å². The van der Waals surface area contributed by atoms with Gasteiger partial charge in [0.25, 0.3) is 11.5 Å². The number of aromatic nitrogens is 1. The second-order valence-electron chi connectivity index (χ2n) is 9.90. The Labute approximate surface area is 235 Å². The lowest BCUT2D eigenvalue weighted by Gasteiger charge is -2.25. The van der Waals surface area contributed by atoms with Gasteiger partial charge in [-0.15, -0.1) is 0 Å². The predicted octanol–water partition coefficient (Wildman–Crippen LogP) is 4.47. The molecule has 0 unspecified atom stereocenters. The molecule has 6 rings (SSSR count). The highest BCUT2D eigenvalue weighted by molar-refractivity contribution is 7.07. The topological polar surface area (TPSA) is 89.1 Å². The highest BCUT2D eigenvalue weighted by Crippen LogP contribution is 2.32. The van der Waals surface area contributed by atoms with Crippen molar-refractivity contribution in [2.45, 2.75) is 32.2 Å². The molecule has 1 amide bonds. The van der Waals surface area contributed by atoms with Gasteiger partial charge >= 0.3 is 0 Å². The van der Waals surface area contributed by atoms with E-state index in [0.717, 1.165) is 37.4 Å². The Morgan fingerprint density at radius 1 is 1.07 bits per heavy atom. The summed E-state index contributed by atoms with van der Waals surface area (Å²) in [6, 6.07) is 19.9. The third-order valence-corrected chi connectivity index (χ3v) is 8.24. The molecule has 1 fully saturated rings. The summed E-state index contributed by atoms with van der Waals surface area (Å²) < 4.78 is 13.7. The van der Waals surface area contributed by atoms with Crippen molar-refractivity contribution in [2.24, 2.45) is 4.99 Å². The van der Waals surface area contributed by atoms with Gasteiger partial charge in [0.05, 0.1) is 29.0 Å². The molecule has 0 aliphatic carbocycles. The van der Waals surface area contributed by atoms with E-state index >= 15 is 0 Å². The van der Waals surface area contributed by atoms with Crippen LogP contribution in [0.1, 0.15) is 43.6 Å². The summed E-state index contributed by atoms with van der Waals surface area (Å²) in [6.45, 7) is 3.76. The zero-order chi connectivity index (χ0) is 27.6. The minimum Gasteiger partial charge on any atom is -0.497 e. The van der Waals surface area contributed by atoms with Crippen molar-refractivity contribution in [2.75, 3.05) is 30.4 Å². The number of rotatable bonds is 6. The molecule has 1 atom stereocenters. The van der Waals surface area contributed by atoms with Gasteiger partial charge in [-0.2, -0.15) is 0 Å². The fraction of sp³-hybridized carbons (Fsp3) is 0.258. The number of anilines is 2. The Hall–Kier alpha value is -4.37. The van der Waals surface area contributed by atoms with Crippen molar-refractivity contribution in [3.8, 4) is 5.75 Å². The third kappa shape index (κ3) is 5.00. The zero-order valence-corrected chi connectivity index (χ0v) is 23.2. The van der Waals surface area contributed by atoms with Gasteiger partial charge in [0.15, 0.2) is 10.7 Å². The summed E-state index contributed by atoms with van der Waals surface area (Å²) in [6.07, 6.45) is 5.31. The summed E-state index contributed by atoms with van der Waals surface area (Å²) in [5.74, 6) is 1.76. The Morgan fingerprint density at radius 2 is 1.88 bits per heavy atom. The molecular formula is C31H30N4O4S. The number of thiazole rings is 1. The first-order chi connectivity index (χ1) is 19.5. The molecule has 4 aromatic rings. The van der Waals surface area contributed by atoms with Crippen molar-refractivity contribution in [3.05, 3.63) is 109 Å². The highest BCUT2D eigenvalue weighted by Gasteiger charge is 2.33. The molecule has 2 aliphatic rings. The summed E-state index contributed by atoms with van der Waals surface area (Å²) in [5, 5.41) is 2.97. The molecule has 8 nitrogen and oxygen atoms in total. The maximum Gasteiger partial charge on any atom is 0.271 e. The van der Waals surface area contributed by atoms with Gasteiger partial charge in [0.2, 0.25) is 0 Å². The number of benzene rings is 2. The zero-order valence-electron chi connectivity index (χ0n) is 22.4. The Kier molecular flexibility index (Phi) is 7.13. The first-order valence-corrected chi connectivity index (χ1v) is 14.2. The number of carbonyl (C=O) groups is 1. The third-order valence-electron chi connectivity index (χ3n) is 7.26.